The van der Waals surface area contributed by atoms with E-state index in [-0.39, 0.29) is 30.3 Å². The second-order valence-corrected chi connectivity index (χ2v) is 5.83. The van der Waals surface area contributed by atoms with E-state index in [1.165, 1.54) is 18.2 Å². The highest BCUT2D eigenvalue weighted by molar-refractivity contribution is 5.85. The first kappa shape index (κ1) is 20.0. The van der Waals surface area contributed by atoms with Crippen molar-refractivity contribution < 1.29 is 31.4 Å². The van der Waals surface area contributed by atoms with Crippen molar-refractivity contribution in [3.05, 3.63) is 23.8 Å². The van der Waals surface area contributed by atoms with Gasteiger partial charge in [-0.1, -0.05) is 6.07 Å². The van der Waals surface area contributed by atoms with Crippen molar-refractivity contribution in [3.63, 3.8) is 0 Å². The summed E-state index contributed by atoms with van der Waals surface area (Å²) in [4.78, 5) is 1.93. The Balaban J connectivity index is 0.00000225. The fourth-order valence-electron chi connectivity index (χ4n) is 3.03. The Bertz CT molecular complexity index is 594. The summed E-state index contributed by atoms with van der Waals surface area (Å²) in [6, 6.07) is 3.66. The topological polar surface area (TPSA) is 33.7 Å². The van der Waals surface area contributed by atoms with Gasteiger partial charge in [0, 0.05) is 38.6 Å². The van der Waals surface area contributed by atoms with Gasteiger partial charge in [0.05, 0.1) is 0 Å². The van der Waals surface area contributed by atoms with Gasteiger partial charge in [-0.05, 0) is 24.1 Å². The molecule has 0 radical (unpaired) electrons. The van der Waals surface area contributed by atoms with Crippen LogP contribution in [0.25, 0.3) is 0 Å². The fourth-order valence-corrected chi connectivity index (χ4v) is 3.03. The quantitative estimate of drug-likeness (QED) is 0.797. The highest BCUT2D eigenvalue weighted by Crippen LogP contribution is 2.43. The monoisotopic (exact) mass is 388 g/mol. The van der Waals surface area contributed by atoms with Crippen LogP contribution >= 0.6 is 12.4 Å². The Morgan fingerprint density at radius 2 is 1.76 bits per heavy atom. The molecule has 0 bridgehead atoms. The molecule has 25 heavy (non-hydrogen) atoms. The second-order valence-electron chi connectivity index (χ2n) is 5.83. The van der Waals surface area contributed by atoms with E-state index < -0.39 is 24.9 Å². The van der Waals surface area contributed by atoms with Crippen molar-refractivity contribution in [3.8, 4) is 11.5 Å². The Kier molecular flexibility index (Phi) is 6.01. The highest BCUT2D eigenvalue weighted by atomic mass is 35.5. The molecule has 1 aromatic carbocycles. The summed E-state index contributed by atoms with van der Waals surface area (Å²) in [6.45, 7) is 2.52. The Morgan fingerprint density at radius 1 is 1.12 bits per heavy atom. The number of alkyl halides is 5. The van der Waals surface area contributed by atoms with Crippen LogP contribution in [0.3, 0.4) is 0 Å². The Morgan fingerprint density at radius 3 is 2.40 bits per heavy atom. The predicted octanol–water partition coefficient (Wildman–Crippen LogP) is 3.72. The molecule has 1 N–H and O–H groups in total. The molecule has 142 valence electrons. The lowest BCUT2D eigenvalue weighted by Gasteiger charge is -2.35. The zero-order valence-corrected chi connectivity index (χ0v) is 13.9. The average Bonchev–Trinajstić information content (AvgIpc) is 2.80. The normalized spacial score (nSPS) is 20.8. The van der Waals surface area contributed by atoms with Crippen molar-refractivity contribution in [2.45, 2.75) is 31.4 Å². The van der Waals surface area contributed by atoms with E-state index in [4.69, 9.17) is 0 Å². The number of fused-ring (bicyclic) bond motifs is 1. The summed E-state index contributed by atoms with van der Waals surface area (Å²) in [5.74, 6) is -0.261. The third kappa shape index (κ3) is 5.08. The molecule has 0 unspecified atom stereocenters. The van der Waals surface area contributed by atoms with Crippen molar-refractivity contribution in [2.24, 2.45) is 0 Å². The minimum Gasteiger partial charge on any atom is -0.395 e. The molecule has 3 rings (SSSR count). The molecule has 1 saturated heterocycles. The summed E-state index contributed by atoms with van der Waals surface area (Å²) >= 11 is 0. The van der Waals surface area contributed by atoms with E-state index >= 15 is 0 Å². The number of ether oxygens (including phenoxy) is 2. The maximum absolute atomic E-state index is 13.1. The zero-order chi connectivity index (χ0) is 17.4. The number of nitrogens with zero attached hydrogens (tertiary/aromatic N) is 1. The van der Waals surface area contributed by atoms with Crippen molar-refractivity contribution in [2.75, 3.05) is 26.2 Å². The van der Waals surface area contributed by atoms with Crippen LogP contribution in [0.1, 0.15) is 24.4 Å². The molecule has 0 spiro atoms. The van der Waals surface area contributed by atoms with E-state index in [0.717, 1.165) is 0 Å². The molecule has 2 aliphatic heterocycles. The summed E-state index contributed by atoms with van der Waals surface area (Å²) in [6.07, 6.45) is -9.08. The Labute approximate surface area is 147 Å². The molecule has 2 heterocycles. The molecule has 0 aliphatic carbocycles. The van der Waals surface area contributed by atoms with Gasteiger partial charge in [-0.25, -0.2) is 0 Å². The van der Waals surface area contributed by atoms with Gasteiger partial charge >= 0.3 is 12.5 Å². The number of hydrogen-bond donors (Lipinski definition) is 1. The number of halogens is 6. The molecule has 1 aromatic rings. The van der Waals surface area contributed by atoms with E-state index in [0.29, 0.717) is 31.7 Å². The van der Waals surface area contributed by atoms with Crippen LogP contribution in [0, 0.1) is 0 Å². The molecular weight excluding hydrogens is 371 g/mol. The van der Waals surface area contributed by atoms with Gasteiger partial charge in [-0.15, -0.1) is 21.2 Å². The molecule has 0 aromatic heterocycles. The van der Waals surface area contributed by atoms with Crippen LogP contribution in [0.5, 0.6) is 11.5 Å². The molecule has 1 fully saturated rings. The van der Waals surface area contributed by atoms with Crippen LogP contribution in [-0.4, -0.2) is 43.5 Å². The maximum atomic E-state index is 13.1. The van der Waals surface area contributed by atoms with E-state index in [9.17, 15) is 22.0 Å². The van der Waals surface area contributed by atoms with Gasteiger partial charge < -0.3 is 14.8 Å². The fraction of sp³-hybridized carbons (Fsp3) is 0.600. The molecule has 0 amide bonds. The van der Waals surface area contributed by atoms with Crippen LogP contribution < -0.4 is 14.8 Å². The molecule has 0 saturated carbocycles. The minimum absolute atomic E-state index is 0. The number of benzene rings is 1. The molecule has 2 aliphatic rings. The number of piperazine rings is 1. The minimum atomic E-state index is -4.27. The third-order valence-electron chi connectivity index (χ3n) is 4.10. The van der Waals surface area contributed by atoms with Gasteiger partial charge in [0.25, 0.3) is 0 Å². The van der Waals surface area contributed by atoms with Gasteiger partial charge in [0.1, 0.15) is 0 Å². The first-order chi connectivity index (χ1) is 11.2. The summed E-state index contributed by atoms with van der Waals surface area (Å²) in [5, 5.41) is 3.14. The van der Waals surface area contributed by atoms with Crippen LogP contribution in [-0.2, 0) is 0 Å². The van der Waals surface area contributed by atoms with Crippen molar-refractivity contribution in [1.29, 1.82) is 0 Å². The summed E-state index contributed by atoms with van der Waals surface area (Å²) in [7, 11) is 0. The van der Waals surface area contributed by atoms with Crippen LogP contribution in [0.4, 0.5) is 22.0 Å². The zero-order valence-electron chi connectivity index (χ0n) is 13.1. The van der Waals surface area contributed by atoms with E-state index in [2.05, 4.69) is 14.8 Å². The lowest BCUT2D eigenvalue weighted by molar-refractivity contribution is -0.286. The van der Waals surface area contributed by atoms with Gasteiger partial charge in [-0.2, -0.15) is 13.2 Å². The summed E-state index contributed by atoms with van der Waals surface area (Å²) in [5.41, 5.74) is 0.515. The molecule has 10 heteroatoms. The van der Waals surface area contributed by atoms with Gasteiger partial charge in [0.2, 0.25) is 0 Å². The standard InChI is InChI=1S/C15H17F5N2O2.ClH/c16-14(17,18)4-3-11(22-7-5-21-6-8-22)10-1-2-12-13(9-10)24-15(19,20)23-12;/h1-2,9,11,21H,3-8H2;1H/t11-;/m1./s1. The molecular formula is C15H18ClF5N2O2. The lowest BCUT2D eigenvalue weighted by Crippen LogP contribution is -2.45. The molecule has 1 atom stereocenters. The number of nitrogens with one attached hydrogen (secondary N) is 1. The highest BCUT2D eigenvalue weighted by Gasteiger charge is 2.43. The van der Waals surface area contributed by atoms with Crippen LogP contribution in [0.2, 0.25) is 0 Å². The van der Waals surface area contributed by atoms with Crippen molar-refractivity contribution >= 4 is 12.4 Å². The average molecular weight is 389 g/mol. The van der Waals surface area contributed by atoms with Gasteiger partial charge in [0.15, 0.2) is 11.5 Å². The molecule has 4 nitrogen and oxygen atoms in total. The predicted molar refractivity (Wildman–Crippen MR) is 82.4 cm³/mol. The smallest absolute Gasteiger partial charge is 0.395 e. The van der Waals surface area contributed by atoms with Crippen LogP contribution in [0.15, 0.2) is 18.2 Å². The van der Waals surface area contributed by atoms with E-state index in [1.54, 1.807) is 0 Å². The first-order valence-electron chi connectivity index (χ1n) is 7.65. The SMILES string of the molecule is Cl.FC(F)(F)CC[C@H](c1ccc2c(c1)OC(F)(F)O2)N1CCNCC1. The second kappa shape index (κ2) is 7.51. The van der Waals surface area contributed by atoms with E-state index in [1.807, 2.05) is 4.90 Å². The van der Waals surface area contributed by atoms with Crippen molar-refractivity contribution in [1.82, 2.24) is 10.2 Å². The Hall–Kier alpha value is -1.32. The lowest BCUT2D eigenvalue weighted by atomic mass is 9.98. The summed E-state index contributed by atoms with van der Waals surface area (Å²) < 4.78 is 72.9. The maximum Gasteiger partial charge on any atom is 0.586 e. The largest absolute Gasteiger partial charge is 0.586 e. The number of rotatable bonds is 4. The number of hydrogen-bond acceptors (Lipinski definition) is 4. The van der Waals surface area contributed by atoms with Gasteiger partial charge in [-0.3, -0.25) is 4.90 Å². The first-order valence-corrected chi connectivity index (χ1v) is 7.65. The third-order valence-corrected chi connectivity index (χ3v) is 4.10.